The van der Waals surface area contributed by atoms with E-state index in [4.69, 9.17) is 10.5 Å². The molecule has 2 heterocycles. The summed E-state index contributed by atoms with van der Waals surface area (Å²) < 4.78 is 0.978. The lowest BCUT2D eigenvalue weighted by atomic mass is 9.50. The van der Waals surface area contributed by atoms with E-state index in [9.17, 15) is 4.79 Å². The Bertz CT molecular complexity index is 990. The molecule has 7 heteroatoms. The van der Waals surface area contributed by atoms with Gasteiger partial charge in [-0.3, -0.25) is 10.2 Å². The highest BCUT2D eigenvalue weighted by molar-refractivity contribution is 9.10. The van der Waals surface area contributed by atoms with Gasteiger partial charge in [0.05, 0.1) is 5.57 Å². The second-order valence-corrected chi connectivity index (χ2v) is 11.0. The highest BCUT2D eigenvalue weighted by Gasteiger charge is 2.55. The number of hydrogen-bond acceptors (Lipinski definition) is 4. The van der Waals surface area contributed by atoms with Crippen molar-refractivity contribution in [2.24, 2.45) is 33.3 Å². The van der Waals surface area contributed by atoms with Crippen molar-refractivity contribution in [3.05, 3.63) is 39.9 Å². The number of amides is 1. The van der Waals surface area contributed by atoms with Gasteiger partial charge in [-0.2, -0.15) is 15.1 Å². The predicted molar refractivity (Wildman–Crippen MR) is 120 cm³/mol. The average molecular weight is 469 g/mol. The Morgan fingerprint density at radius 2 is 1.72 bits per heavy atom. The number of nitrogens with one attached hydrogen (secondary N) is 1. The zero-order chi connectivity index (χ0) is 19.8. The van der Waals surface area contributed by atoms with Gasteiger partial charge in [-0.15, -0.1) is 0 Å². The lowest BCUT2D eigenvalue weighted by Gasteiger charge is -2.56. The van der Waals surface area contributed by atoms with Crippen molar-refractivity contribution in [1.29, 1.82) is 5.41 Å². The molecular formula is C22H21BrN4OS. The third-order valence-corrected chi connectivity index (χ3v) is 8.81. The summed E-state index contributed by atoms with van der Waals surface area (Å²) in [5.41, 5.74) is 1.32. The van der Waals surface area contributed by atoms with E-state index in [0.717, 1.165) is 32.8 Å². The van der Waals surface area contributed by atoms with Gasteiger partial charge in [0, 0.05) is 9.89 Å². The number of carbonyl (C=O) groups is 1. The lowest BCUT2D eigenvalue weighted by Crippen LogP contribution is -2.49. The summed E-state index contributed by atoms with van der Waals surface area (Å²) >= 11 is 4.95. The fourth-order valence-corrected chi connectivity index (χ4v) is 7.68. The van der Waals surface area contributed by atoms with Crippen molar-refractivity contribution in [2.75, 3.05) is 0 Å². The lowest BCUT2D eigenvalue weighted by molar-refractivity contribution is -0.114. The maximum atomic E-state index is 12.7. The van der Waals surface area contributed by atoms with Crippen LogP contribution in [0.25, 0.3) is 6.08 Å². The van der Waals surface area contributed by atoms with E-state index in [1.807, 2.05) is 24.3 Å². The topological polar surface area (TPSA) is 68.9 Å². The first-order chi connectivity index (χ1) is 14.0. The summed E-state index contributed by atoms with van der Waals surface area (Å²) in [6.45, 7) is 0. The molecule has 1 aromatic rings. The van der Waals surface area contributed by atoms with Gasteiger partial charge in [-0.25, -0.2) is 0 Å². The van der Waals surface area contributed by atoms with Crippen LogP contribution in [0.5, 0.6) is 0 Å². The maximum absolute atomic E-state index is 12.7. The molecule has 0 radical (unpaired) electrons. The van der Waals surface area contributed by atoms with Gasteiger partial charge in [-0.05, 0) is 91.8 Å². The SMILES string of the molecule is N=C1/C(=C\c2ccc(Br)cc2)C(=O)N=C2SC(C34CC5CC(CC(C5)C3)C4)=NN12. The monoisotopic (exact) mass is 468 g/mol. The van der Waals surface area contributed by atoms with Crippen LogP contribution in [0.1, 0.15) is 44.1 Å². The molecule has 148 valence electrons. The Hall–Kier alpha value is -1.73. The number of amidine groups is 2. The fourth-order valence-electron chi connectivity index (χ4n) is 6.30. The smallest absolute Gasteiger partial charge is 0.282 e. The summed E-state index contributed by atoms with van der Waals surface area (Å²) in [4.78, 5) is 17.0. The van der Waals surface area contributed by atoms with Crippen LogP contribution in [0.15, 0.2) is 44.4 Å². The van der Waals surface area contributed by atoms with E-state index in [1.165, 1.54) is 50.3 Å². The standard InChI is InChI=1S/C22H21BrN4OS/c23-16-3-1-12(2-4-16)8-17-18(24)27-21(25-19(17)28)29-20(26-27)22-9-13-5-14(10-22)7-15(6-13)11-22/h1-4,8,13-15,24H,5-7,9-11H2/b17-8+,24-18?. The van der Waals surface area contributed by atoms with E-state index in [-0.39, 0.29) is 17.2 Å². The van der Waals surface area contributed by atoms with Crippen LogP contribution in [0.4, 0.5) is 0 Å². The van der Waals surface area contributed by atoms with E-state index in [2.05, 4.69) is 20.9 Å². The zero-order valence-corrected chi connectivity index (χ0v) is 18.3. The molecule has 0 unspecified atom stereocenters. The molecule has 4 saturated carbocycles. The number of carbonyl (C=O) groups excluding carboxylic acids is 1. The molecule has 7 rings (SSSR count). The summed E-state index contributed by atoms with van der Waals surface area (Å²) in [7, 11) is 0. The van der Waals surface area contributed by atoms with Gasteiger partial charge in [0.2, 0.25) is 5.17 Å². The van der Waals surface area contributed by atoms with E-state index in [0.29, 0.717) is 10.7 Å². The number of fused-ring (bicyclic) bond motifs is 1. The van der Waals surface area contributed by atoms with Crippen LogP contribution in [-0.4, -0.2) is 27.0 Å². The quantitative estimate of drug-likeness (QED) is 0.599. The molecule has 29 heavy (non-hydrogen) atoms. The molecule has 6 aliphatic rings. The molecule has 1 amide bonds. The van der Waals surface area contributed by atoms with Crippen LogP contribution >= 0.6 is 27.7 Å². The molecule has 1 aromatic carbocycles. The molecule has 4 fully saturated rings. The van der Waals surface area contributed by atoms with Gasteiger partial charge >= 0.3 is 0 Å². The van der Waals surface area contributed by atoms with E-state index in [1.54, 1.807) is 11.1 Å². The largest absolute Gasteiger partial charge is 0.283 e. The molecule has 4 aliphatic carbocycles. The number of nitrogens with zero attached hydrogens (tertiary/aromatic N) is 3. The van der Waals surface area contributed by atoms with Crippen molar-refractivity contribution in [1.82, 2.24) is 5.01 Å². The molecular weight excluding hydrogens is 448 g/mol. The third kappa shape index (κ3) is 2.88. The van der Waals surface area contributed by atoms with E-state index < -0.39 is 0 Å². The normalized spacial score (nSPS) is 36.5. The van der Waals surface area contributed by atoms with Gasteiger partial charge in [-0.1, -0.05) is 28.1 Å². The van der Waals surface area contributed by atoms with Crippen LogP contribution in [0.3, 0.4) is 0 Å². The Morgan fingerprint density at radius 1 is 1.10 bits per heavy atom. The van der Waals surface area contributed by atoms with Crippen molar-refractivity contribution in [3.63, 3.8) is 0 Å². The zero-order valence-electron chi connectivity index (χ0n) is 15.9. The number of halogens is 1. The summed E-state index contributed by atoms with van der Waals surface area (Å²) in [5.74, 6) is 2.28. The molecule has 5 nitrogen and oxygen atoms in total. The number of benzene rings is 1. The molecule has 0 saturated heterocycles. The van der Waals surface area contributed by atoms with Gasteiger partial charge in [0.25, 0.3) is 5.91 Å². The van der Waals surface area contributed by atoms with Crippen molar-refractivity contribution in [3.8, 4) is 0 Å². The minimum atomic E-state index is -0.348. The van der Waals surface area contributed by atoms with Crippen LogP contribution in [-0.2, 0) is 4.79 Å². The fraction of sp³-hybridized carbons (Fsp3) is 0.455. The first-order valence-corrected chi connectivity index (χ1v) is 11.9. The van der Waals surface area contributed by atoms with Crippen LogP contribution < -0.4 is 0 Å². The van der Waals surface area contributed by atoms with Gasteiger partial charge in [0.1, 0.15) is 5.04 Å². The van der Waals surface area contributed by atoms with Crippen molar-refractivity contribution in [2.45, 2.75) is 38.5 Å². The predicted octanol–water partition coefficient (Wildman–Crippen LogP) is 5.28. The molecule has 4 bridgehead atoms. The number of thioether (sulfide) groups is 1. The minimum Gasteiger partial charge on any atom is -0.282 e. The average Bonchev–Trinajstić information content (AvgIpc) is 3.11. The Labute approximate surface area is 182 Å². The highest BCUT2D eigenvalue weighted by Crippen LogP contribution is 2.62. The second kappa shape index (κ2) is 6.38. The summed E-state index contributed by atoms with van der Waals surface area (Å²) in [6.07, 6.45) is 9.54. The molecule has 1 N–H and O–H groups in total. The first kappa shape index (κ1) is 18.1. The Kier molecular flexibility index (Phi) is 3.98. The van der Waals surface area contributed by atoms with Crippen molar-refractivity contribution < 1.29 is 4.79 Å². The maximum Gasteiger partial charge on any atom is 0.283 e. The Balaban J connectivity index is 1.33. The minimum absolute atomic E-state index is 0.134. The molecule has 0 aromatic heterocycles. The second-order valence-electron chi connectivity index (χ2n) is 9.17. The third-order valence-electron chi connectivity index (χ3n) is 7.13. The van der Waals surface area contributed by atoms with Crippen molar-refractivity contribution >= 4 is 55.7 Å². The van der Waals surface area contributed by atoms with Gasteiger partial charge in [0.15, 0.2) is 5.84 Å². The van der Waals surface area contributed by atoms with E-state index >= 15 is 0 Å². The number of hydrogen-bond donors (Lipinski definition) is 1. The highest BCUT2D eigenvalue weighted by atomic mass is 79.9. The first-order valence-electron chi connectivity index (χ1n) is 10.3. The molecule has 0 atom stereocenters. The summed E-state index contributed by atoms with van der Waals surface area (Å²) in [5, 5.41) is 16.8. The number of hydrazone groups is 1. The number of aliphatic imine (C=N–C) groups is 1. The summed E-state index contributed by atoms with van der Waals surface area (Å²) in [6, 6.07) is 7.68. The molecule has 2 aliphatic heterocycles. The van der Waals surface area contributed by atoms with Crippen LogP contribution in [0.2, 0.25) is 0 Å². The van der Waals surface area contributed by atoms with Gasteiger partial charge < -0.3 is 0 Å². The van der Waals surface area contributed by atoms with Crippen LogP contribution in [0, 0.1) is 28.6 Å². The Morgan fingerprint density at radius 3 is 2.34 bits per heavy atom. The molecule has 0 spiro atoms. The number of rotatable bonds is 2.